The Morgan fingerprint density at radius 3 is 2.42 bits per heavy atom. The Kier molecular flexibility index (Phi) is 4.84. The predicted octanol–water partition coefficient (Wildman–Crippen LogP) is 2.85. The normalized spacial score (nSPS) is 10.4. The molecule has 0 radical (unpaired) electrons. The van der Waals surface area contributed by atoms with Gasteiger partial charge in [-0.1, -0.05) is 19.9 Å². The molecule has 19 heavy (non-hydrogen) atoms. The lowest BCUT2D eigenvalue weighted by Gasteiger charge is -2.04. The summed E-state index contributed by atoms with van der Waals surface area (Å²) in [6.45, 7) is 5.18. The first-order valence-electron chi connectivity index (χ1n) is 6.82. The minimum Gasteiger partial charge on any atom is -0.369 e. The number of hydrogen-bond acceptors (Lipinski definition) is 4. The summed E-state index contributed by atoms with van der Waals surface area (Å²) < 4.78 is 0. The van der Waals surface area contributed by atoms with Crippen molar-refractivity contribution in [2.75, 3.05) is 11.9 Å². The highest BCUT2D eigenvalue weighted by atomic mass is 15.2. The van der Waals surface area contributed by atoms with Gasteiger partial charge in [-0.05, 0) is 36.6 Å². The van der Waals surface area contributed by atoms with E-state index < -0.39 is 0 Å². The van der Waals surface area contributed by atoms with Crippen LogP contribution in [0.4, 0.5) is 5.82 Å². The standard InChI is InChI=1S/C15H20N4/c1-3-9-16-15-8-7-14(18-19-15)10-13-6-5-12(4-2)11-17-13/h5-8,11H,3-4,9-10H2,1-2H3,(H,16,19). The number of anilines is 1. The van der Waals surface area contributed by atoms with E-state index >= 15 is 0 Å². The van der Waals surface area contributed by atoms with E-state index in [4.69, 9.17) is 0 Å². The average molecular weight is 256 g/mol. The molecule has 1 N–H and O–H groups in total. The van der Waals surface area contributed by atoms with Crippen LogP contribution in [-0.2, 0) is 12.8 Å². The van der Waals surface area contributed by atoms with Crippen molar-refractivity contribution < 1.29 is 0 Å². The third-order valence-electron chi connectivity index (χ3n) is 2.93. The first-order valence-corrected chi connectivity index (χ1v) is 6.82. The van der Waals surface area contributed by atoms with Crippen LogP contribution in [0, 0.1) is 0 Å². The fraction of sp³-hybridized carbons (Fsp3) is 0.400. The van der Waals surface area contributed by atoms with Gasteiger partial charge in [0.15, 0.2) is 0 Å². The zero-order valence-corrected chi connectivity index (χ0v) is 11.6. The molecule has 2 heterocycles. The summed E-state index contributed by atoms with van der Waals surface area (Å²) in [6, 6.07) is 8.15. The number of hydrogen-bond donors (Lipinski definition) is 1. The van der Waals surface area contributed by atoms with Gasteiger partial charge in [-0.3, -0.25) is 4.98 Å². The highest BCUT2D eigenvalue weighted by molar-refractivity contribution is 5.33. The Hall–Kier alpha value is -1.97. The SMILES string of the molecule is CCCNc1ccc(Cc2ccc(CC)cn2)nn1. The first kappa shape index (κ1) is 13.5. The van der Waals surface area contributed by atoms with Crippen molar-refractivity contribution in [3.05, 3.63) is 47.4 Å². The topological polar surface area (TPSA) is 50.7 Å². The number of pyridine rings is 1. The fourth-order valence-corrected chi connectivity index (χ4v) is 1.76. The Bertz CT molecular complexity index is 491. The molecule has 4 heteroatoms. The van der Waals surface area contributed by atoms with Gasteiger partial charge in [0.2, 0.25) is 0 Å². The van der Waals surface area contributed by atoms with Gasteiger partial charge in [0.1, 0.15) is 5.82 Å². The van der Waals surface area contributed by atoms with Crippen LogP contribution < -0.4 is 5.32 Å². The molecular weight excluding hydrogens is 236 g/mol. The molecule has 4 nitrogen and oxygen atoms in total. The lowest BCUT2D eigenvalue weighted by atomic mass is 10.1. The average Bonchev–Trinajstić information content (AvgIpc) is 2.47. The summed E-state index contributed by atoms with van der Waals surface area (Å²) >= 11 is 0. The van der Waals surface area contributed by atoms with Gasteiger partial charge in [-0.25, -0.2) is 0 Å². The van der Waals surface area contributed by atoms with E-state index in [0.717, 1.165) is 43.0 Å². The van der Waals surface area contributed by atoms with Crippen molar-refractivity contribution in [3.63, 3.8) is 0 Å². The number of nitrogens with one attached hydrogen (secondary N) is 1. The van der Waals surface area contributed by atoms with E-state index in [2.05, 4.69) is 46.5 Å². The van der Waals surface area contributed by atoms with Crippen LogP contribution in [-0.4, -0.2) is 21.7 Å². The largest absolute Gasteiger partial charge is 0.369 e. The van der Waals surface area contributed by atoms with Gasteiger partial charge in [0.05, 0.1) is 5.69 Å². The zero-order valence-electron chi connectivity index (χ0n) is 11.6. The fourth-order valence-electron chi connectivity index (χ4n) is 1.76. The molecule has 0 fully saturated rings. The van der Waals surface area contributed by atoms with Gasteiger partial charge in [-0.15, -0.1) is 5.10 Å². The van der Waals surface area contributed by atoms with Crippen LogP contribution in [0.3, 0.4) is 0 Å². The molecule has 0 atom stereocenters. The van der Waals surface area contributed by atoms with E-state index in [0.29, 0.717) is 0 Å². The zero-order chi connectivity index (χ0) is 13.5. The molecule has 0 aliphatic heterocycles. The van der Waals surface area contributed by atoms with Crippen molar-refractivity contribution >= 4 is 5.82 Å². The van der Waals surface area contributed by atoms with Crippen LogP contribution in [0.25, 0.3) is 0 Å². The van der Waals surface area contributed by atoms with E-state index in [9.17, 15) is 0 Å². The summed E-state index contributed by atoms with van der Waals surface area (Å²) in [5, 5.41) is 11.6. The molecule has 100 valence electrons. The smallest absolute Gasteiger partial charge is 0.148 e. The van der Waals surface area contributed by atoms with Gasteiger partial charge < -0.3 is 5.32 Å². The maximum absolute atomic E-state index is 4.43. The van der Waals surface area contributed by atoms with Crippen LogP contribution in [0.15, 0.2) is 30.5 Å². The summed E-state index contributed by atoms with van der Waals surface area (Å²) in [5.74, 6) is 0.833. The summed E-state index contributed by atoms with van der Waals surface area (Å²) in [5.41, 5.74) is 3.23. The molecule has 0 saturated carbocycles. The molecule has 0 aliphatic carbocycles. The van der Waals surface area contributed by atoms with Gasteiger partial charge in [-0.2, -0.15) is 5.10 Å². The number of nitrogens with zero attached hydrogens (tertiary/aromatic N) is 3. The Morgan fingerprint density at radius 2 is 1.84 bits per heavy atom. The van der Waals surface area contributed by atoms with Crippen LogP contribution >= 0.6 is 0 Å². The third kappa shape index (κ3) is 4.02. The quantitative estimate of drug-likeness (QED) is 0.863. The molecule has 0 aromatic carbocycles. The van der Waals surface area contributed by atoms with Crippen LogP contribution in [0.1, 0.15) is 37.2 Å². The molecule has 0 bridgehead atoms. The van der Waals surface area contributed by atoms with Crippen molar-refractivity contribution in [1.82, 2.24) is 15.2 Å². The van der Waals surface area contributed by atoms with E-state index in [1.165, 1.54) is 5.56 Å². The molecule has 0 spiro atoms. The second-order valence-corrected chi connectivity index (χ2v) is 4.52. The van der Waals surface area contributed by atoms with Crippen molar-refractivity contribution in [2.45, 2.75) is 33.1 Å². The third-order valence-corrected chi connectivity index (χ3v) is 2.93. The monoisotopic (exact) mass is 256 g/mol. The van der Waals surface area contributed by atoms with Gasteiger partial charge in [0, 0.05) is 24.9 Å². The van der Waals surface area contributed by atoms with Crippen molar-refractivity contribution in [1.29, 1.82) is 0 Å². The van der Waals surface area contributed by atoms with Gasteiger partial charge >= 0.3 is 0 Å². The second-order valence-electron chi connectivity index (χ2n) is 4.52. The lowest BCUT2D eigenvalue weighted by Crippen LogP contribution is -2.04. The number of aromatic nitrogens is 3. The molecule has 2 rings (SSSR count). The Balaban J connectivity index is 1.98. The van der Waals surface area contributed by atoms with Crippen molar-refractivity contribution in [2.24, 2.45) is 0 Å². The number of aryl methyl sites for hydroxylation is 1. The molecule has 0 unspecified atom stereocenters. The molecule has 0 saturated heterocycles. The highest BCUT2D eigenvalue weighted by Crippen LogP contribution is 2.08. The predicted molar refractivity (Wildman–Crippen MR) is 77.2 cm³/mol. The first-order chi connectivity index (χ1) is 9.31. The Labute approximate surface area is 114 Å². The maximum atomic E-state index is 4.43. The van der Waals surface area contributed by atoms with E-state index in [1.807, 2.05) is 18.3 Å². The minimum atomic E-state index is 0.727. The lowest BCUT2D eigenvalue weighted by molar-refractivity contribution is 0.897. The van der Waals surface area contributed by atoms with Crippen LogP contribution in [0.2, 0.25) is 0 Å². The number of rotatable bonds is 6. The Morgan fingerprint density at radius 1 is 1.00 bits per heavy atom. The van der Waals surface area contributed by atoms with E-state index in [1.54, 1.807) is 0 Å². The maximum Gasteiger partial charge on any atom is 0.148 e. The summed E-state index contributed by atoms with van der Waals surface area (Å²) in [4.78, 5) is 4.43. The van der Waals surface area contributed by atoms with Gasteiger partial charge in [0.25, 0.3) is 0 Å². The highest BCUT2D eigenvalue weighted by Gasteiger charge is 2.01. The molecule has 2 aromatic heterocycles. The van der Waals surface area contributed by atoms with Crippen LogP contribution in [0.5, 0.6) is 0 Å². The minimum absolute atomic E-state index is 0.727. The summed E-state index contributed by atoms with van der Waals surface area (Å²) in [6.07, 6.45) is 4.76. The molecule has 0 amide bonds. The molecule has 0 aliphatic rings. The second kappa shape index (κ2) is 6.83. The molecule has 2 aromatic rings. The molecular formula is C15H20N4. The summed E-state index contributed by atoms with van der Waals surface area (Å²) in [7, 11) is 0. The van der Waals surface area contributed by atoms with Crippen molar-refractivity contribution in [3.8, 4) is 0 Å². The van der Waals surface area contributed by atoms with E-state index in [-0.39, 0.29) is 0 Å².